The Morgan fingerprint density at radius 1 is 1.30 bits per heavy atom. The number of rotatable bonds is 6. The van der Waals surface area contributed by atoms with Gasteiger partial charge < -0.3 is 15.4 Å². The minimum Gasteiger partial charge on any atom is -0.373 e. The minimum atomic E-state index is -1.06. The number of benzene rings is 1. The van der Waals surface area contributed by atoms with Crippen molar-refractivity contribution in [1.29, 1.82) is 5.26 Å². The highest BCUT2D eigenvalue weighted by atomic mass is 32.2. The molecule has 1 saturated carbocycles. The fourth-order valence-corrected chi connectivity index (χ4v) is 5.69. The largest absolute Gasteiger partial charge is 0.373 e. The van der Waals surface area contributed by atoms with Crippen LogP contribution in [0.25, 0.3) is 11.3 Å². The second kappa shape index (κ2) is 10.5. The van der Waals surface area contributed by atoms with E-state index in [4.69, 9.17) is 15.7 Å². The van der Waals surface area contributed by atoms with Crippen LogP contribution in [-0.4, -0.2) is 51.3 Å². The Hall–Kier alpha value is -2.61. The van der Waals surface area contributed by atoms with Crippen LogP contribution in [-0.2, 0) is 15.7 Å². The maximum atomic E-state index is 14.1. The number of nitrogens with two attached hydrogens (primary N) is 1. The maximum Gasteiger partial charge on any atom is 0.222 e. The molecule has 1 aromatic carbocycles. The van der Waals surface area contributed by atoms with Crippen molar-refractivity contribution in [3.05, 3.63) is 35.6 Å². The average molecular weight is 473 g/mol. The summed E-state index contributed by atoms with van der Waals surface area (Å²) in [4.78, 5) is 10.7. The smallest absolute Gasteiger partial charge is 0.222 e. The van der Waals surface area contributed by atoms with E-state index in [2.05, 4.69) is 19.6 Å². The highest BCUT2D eigenvalue weighted by molar-refractivity contribution is 7.83. The number of morpholine rings is 1. The molecule has 8 nitrogen and oxygen atoms in total. The molecule has 1 aliphatic heterocycles. The van der Waals surface area contributed by atoms with E-state index in [1.54, 1.807) is 12.1 Å². The van der Waals surface area contributed by atoms with Crippen LogP contribution in [0, 0.1) is 17.1 Å². The lowest BCUT2D eigenvalue weighted by Crippen LogP contribution is -2.52. The molecular formula is C23H29FN6O2S. The molecular weight excluding hydrogens is 443 g/mol. The van der Waals surface area contributed by atoms with Gasteiger partial charge in [0.2, 0.25) is 5.95 Å². The van der Waals surface area contributed by atoms with Crippen molar-refractivity contribution in [2.24, 2.45) is 0 Å². The monoisotopic (exact) mass is 472 g/mol. The molecule has 0 spiro atoms. The van der Waals surface area contributed by atoms with Crippen molar-refractivity contribution in [3.63, 3.8) is 0 Å². The summed E-state index contributed by atoms with van der Waals surface area (Å²) in [6.45, 7) is 3.56. The van der Waals surface area contributed by atoms with Gasteiger partial charge in [-0.1, -0.05) is 25.3 Å². The third kappa shape index (κ3) is 5.66. The Balaban J connectivity index is 1.47. The van der Waals surface area contributed by atoms with Gasteiger partial charge in [0.25, 0.3) is 0 Å². The van der Waals surface area contributed by atoms with E-state index in [1.165, 1.54) is 18.6 Å². The third-order valence-electron chi connectivity index (χ3n) is 6.22. The molecule has 33 heavy (non-hydrogen) atoms. The summed E-state index contributed by atoms with van der Waals surface area (Å²) in [6, 6.07) is 7.98. The third-order valence-corrected chi connectivity index (χ3v) is 7.75. The number of nitrogens with one attached hydrogen (secondary N) is 1. The molecule has 1 aromatic heterocycles. The van der Waals surface area contributed by atoms with Gasteiger partial charge in [-0.05, 0) is 31.9 Å². The first-order valence-corrected chi connectivity index (χ1v) is 12.5. The van der Waals surface area contributed by atoms with E-state index in [0.717, 1.165) is 25.7 Å². The molecule has 2 heterocycles. The van der Waals surface area contributed by atoms with Crippen LogP contribution in [0.2, 0.25) is 0 Å². The molecule has 10 heteroatoms. The Labute approximate surface area is 195 Å². The van der Waals surface area contributed by atoms with E-state index in [-0.39, 0.29) is 28.9 Å². The average Bonchev–Trinajstić information content (AvgIpc) is 2.83. The predicted molar refractivity (Wildman–Crippen MR) is 126 cm³/mol. The van der Waals surface area contributed by atoms with E-state index in [1.807, 2.05) is 13.0 Å². The van der Waals surface area contributed by atoms with E-state index < -0.39 is 16.8 Å². The van der Waals surface area contributed by atoms with Crippen LogP contribution in [0.3, 0.4) is 0 Å². The number of hydrogen-bond donors (Lipinski definition) is 2. The quantitative estimate of drug-likeness (QED) is 0.664. The van der Waals surface area contributed by atoms with Gasteiger partial charge in [-0.3, -0.25) is 0 Å². The summed E-state index contributed by atoms with van der Waals surface area (Å²) >= 11 is 0. The molecule has 0 radical (unpaired) electrons. The number of nitriles is 1. The van der Waals surface area contributed by atoms with Gasteiger partial charge in [0, 0.05) is 30.0 Å². The Morgan fingerprint density at radius 2 is 2.09 bits per heavy atom. The highest BCUT2D eigenvalue weighted by Crippen LogP contribution is 2.27. The zero-order valence-corrected chi connectivity index (χ0v) is 19.5. The van der Waals surface area contributed by atoms with E-state index >= 15 is 0 Å². The van der Waals surface area contributed by atoms with E-state index in [9.17, 15) is 8.60 Å². The topological polar surface area (TPSA) is 117 Å². The number of ether oxygens (including phenoxy) is 1. The van der Waals surface area contributed by atoms with Crippen LogP contribution in [0.1, 0.15) is 44.6 Å². The summed E-state index contributed by atoms with van der Waals surface area (Å²) in [6.07, 6.45) is 5.38. The number of hydrogen-bond acceptors (Lipinski definition) is 7. The molecule has 2 fully saturated rings. The van der Waals surface area contributed by atoms with E-state index in [0.29, 0.717) is 36.8 Å². The zero-order chi connectivity index (χ0) is 23.4. The molecule has 1 aliphatic carbocycles. The van der Waals surface area contributed by atoms with Gasteiger partial charge in [0.15, 0.2) is 0 Å². The van der Waals surface area contributed by atoms with Crippen molar-refractivity contribution in [3.8, 4) is 17.3 Å². The zero-order valence-electron chi connectivity index (χ0n) is 18.7. The molecule has 2 aliphatic rings. The van der Waals surface area contributed by atoms with Crippen LogP contribution >= 0.6 is 0 Å². The molecule has 3 N–H and O–H groups in total. The Bertz CT molecular complexity index is 1060. The first kappa shape index (κ1) is 23.5. The first-order valence-electron chi connectivity index (χ1n) is 11.3. The lowest BCUT2D eigenvalue weighted by atomic mass is 10.0. The fourth-order valence-electron chi connectivity index (χ4n) is 4.35. The fraction of sp³-hybridized carbons (Fsp3) is 0.522. The lowest BCUT2D eigenvalue weighted by Gasteiger charge is -2.39. The molecule has 3 atom stereocenters. The number of halogens is 1. The highest BCUT2D eigenvalue weighted by Gasteiger charge is 2.29. The molecule has 3 unspecified atom stereocenters. The lowest BCUT2D eigenvalue weighted by molar-refractivity contribution is 0.0260. The summed E-state index contributed by atoms with van der Waals surface area (Å²) in [5.41, 5.74) is 6.95. The van der Waals surface area contributed by atoms with Crippen molar-refractivity contribution in [1.82, 2.24) is 14.7 Å². The molecule has 176 valence electrons. The summed E-state index contributed by atoms with van der Waals surface area (Å²) < 4.78 is 35.9. The predicted octanol–water partition coefficient (Wildman–Crippen LogP) is 2.92. The van der Waals surface area contributed by atoms with Gasteiger partial charge in [-0.25, -0.2) is 18.3 Å². The van der Waals surface area contributed by atoms with Crippen molar-refractivity contribution in [2.45, 2.75) is 56.4 Å². The van der Waals surface area contributed by atoms with Crippen molar-refractivity contribution >= 4 is 22.8 Å². The second-order valence-corrected chi connectivity index (χ2v) is 10.2. The van der Waals surface area contributed by atoms with Crippen LogP contribution in [0.15, 0.2) is 24.3 Å². The van der Waals surface area contributed by atoms with Gasteiger partial charge in [0.1, 0.15) is 17.7 Å². The number of anilines is 2. The first-order chi connectivity index (χ1) is 15.9. The number of aromatic nitrogens is 2. The molecule has 2 aromatic rings. The molecule has 4 rings (SSSR count). The SMILES string of the molecule is CC1COC(CNS(=O)C2CCCCC2)CN1c1cc(-c2ccc(C#N)c(F)c2)nc(N)n1. The second-order valence-electron chi connectivity index (χ2n) is 8.64. The van der Waals surface area contributed by atoms with Crippen molar-refractivity contribution < 1.29 is 13.3 Å². The van der Waals surface area contributed by atoms with Crippen LogP contribution < -0.4 is 15.4 Å². The standard InChI is InChI=1S/C23H29FN6O2S/c1-15-14-32-18(12-27-33(31)19-5-3-2-4-6-19)13-30(15)22-10-21(28-23(26)29-22)16-7-8-17(11-25)20(24)9-16/h7-10,15,18-19,27H,2-6,12-14H2,1H3,(H2,26,28,29). The van der Waals surface area contributed by atoms with Gasteiger partial charge >= 0.3 is 0 Å². The number of nitrogens with zero attached hydrogens (tertiary/aromatic N) is 4. The normalized spacial score (nSPS) is 22.6. The summed E-state index contributed by atoms with van der Waals surface area (Å²) in [5.74, 6) is 0.0982. The van der Waals surface area contributed by atoms with Crippen molar-refractivity contribution in [2.75, 3.05) is 30.3 Å². The van der Waals surface area contributed by atoms with Crippen LogP contribution in [0.5, 0.6) is 0 Å². The van der Waals surface area contributed by atoms with Gasteiger partial charge in [-0.15, -0.1) is 0 Å². The Kier molecular flexibility index (Phi) is 7.53. The van der Waals surface area contributed by atoms with Crippen LogP contribution in [0.4, 0.5) is 16.2 Å². The molecule has 0 amide bonds. The molecule has 0 bridgehead atoms. The van der Waals surface area contributed by atoms with Gasteiger partial charge in [0.05, 0.1) is 41.0 Å². The minimum absolute atomic E-state index is 0.0243. The van der Waals surface area contributed by atoms with Gasteiger partial charge in [-0.2, -0.15) is 10.2 Å². The maximum absolute atomic E-state index is 14.1. The summed E-state index contributed by atoms with van der Waals surface area (Å²) in [7, 11) is -1.06. The Morgan fingerprint density at radius 3 is 2.82 bits per heavy atom. The molecule has 1 saturated heterocycles. The number of nitrogen functional groups attached to an aromatic ring is 1. The summed E-state index contributed by atoms with van der Waals surface area (Å²) in [5, 5.41) is 9.18.